The number of hydrogen-bond donors (Lipinski definition) is 0. The quantitative estimate of drug-likeness (QED) is 0.130. The van der Waals surface area contributed by atoms with E-state index < -0.39 is 13.7 Å². The van der Waals surface area contributed by atoms with Crippen LogP contribution in [0.1, 0.15) is 48.6 Å². The van der Waals surface area contributed by atoms with E-state index in [1.165, 1.54) is 21.9 Å². The zero-order chi connectivity index (χ0) is 40.0. The number of aryl methyl sites for hydroxylation is 2. The number of imidazole rings is 1. The smallest absolute Gasteiger partial charge is 0.365 e. The molecule has 9 aromatic rings. The van der Waals surface area contributed by atoms with Crippen LogP contribution in [-0.4, -0.2) is 12.6 Å². The summed E-state index contributed by atoms with van der Waals surface area (Å²) < 4.78 is 30.6. The lowest BCUT2D eigenvalue weighted by Gasteiger charge is -2.23. The van der Waals surface area contributed by atoms with Crippen LogP contribution < -0.4 is 14.3 Å². The zero-order valence-electron chi connectivity index (χ0n) is 34.3. The topological polar surface area (TPSA) is 25.8 Å². The second-order valence-electron chi connectivity index (χ2n) is 18.5. The predicted octanol–water partition coefficient (Wildman–Crippen LogP) is 11.6. The van der Waals surface area contributed by atoms with Crippen molar-refractivity contribution in [2.45, 2.75) is 65.3 Å². The minimum atomic E-state index is -1.84. The Bertz CT molecular complexity index is 3210. The van der Waals surface area contributed by atoms with E-state index in [9.17, 15) is 0 Å². The van der Waals surface area contributed by atoms with E-state index in [0.717, 1.165) is 83.6 Å². The first kappa shape index (κ1) is 35.1. The number of fused-ring (bicyclic) bond motifs is 16. The summed E-state index contributed by atoms with van der Waals surface area (Å²) in [6.07, 6.45) is 2.41. The van der Waals surface area contributed by atoms with Crippen LogP contribution in [-0.2, 0) is 11.1 Å². The molecule has 1 spiro atoms. The molecule has 5 heterocycles. The molecule has 2 aliphatic rings. The molecule has 1 unspecified atom stereocenters. The van der Waals surface area contributed by atoms with Crippen LogP contribution in [0.5, 0.6) is 0 Å². The molecule has 58 heavy (non-hydrogen) atoms. The third-order valence-corrected chi connectivity index (χ3v) is 15.0. The SMILES string of the molecule is Cc1ccc(-c2cccc3oc4c5c(ccc4c23)C2(c3cc(F)ccc3-c3cc(C)c([Si](C)(C)C)c[n+]32)[n+]2c-5n(-c3ccc(C(C)(C)C)cc3)c3ccccc32)cc1. The molecule has 0 saturated carbocycles. The molecule has 6 heteroatoms. The normalized spacial score (nSPS) is 15.7. The maximum absolute atomic E-state index is 16.0. The van der Waals surface area contributed by atoms with Crippen molar-refractivity contribution in [2.75, 3.05) is 0 Å². The number of halogens is 1. The lowest BCUT2D eigenvalue weighted by molar-refractivity contribution is -0.944. The molecule has 6 aromatic carbocycles. The average Bonchev–Trinajstić information content (AvgIpc) is 3.90. The van der Waals surface area contributed by atoms with E-state index in [1.807, 2.05) is 6.07 Å². The van der Waals surface area contributed by atoms with Gasteiger partial charge in [-0.1, -0.05) is 107 Å². The van der Waals surface area contributed by atoms with Gasteiger partial charge in [-0.15, -0.1) is 9.13 Å². The minimum Gasteiger partial charge on any atom is -0.455 e. The Morgan fingerprint density at radius 3 is 2.24 bits per heavy atom. The van der Waals surface area contributed by atoms with Gasteiger partial charge in [0.1, 0.15) is 22.7 Å². The van der Waals surface area contributed by atoms with Gasteiger partial charge in [-0.25, -0.2) is 4.39 Å². The fraction of sp³-hybridized carbons (Fsp3) is 0.192. The molecule has 2 aliphatic heterocycles. The number of hydrogen-bond acceptors (Lipinski definition) is 1. The highest BCUT2D eigenvalue weighted by atomic mass is 28.3. The lowest BCUT2D eigenvalue weighted by atomic mass is 9.87. The van der Waals surface area contributed by atoms with Gasteiger partial charge in [0.25, 0.3) is 0 Å². The molecule has 0 saturated heterocycles. The Morgan fingerprint density at radius 1 is 0.741 bits per heavy atom. The van der Waals surface area contributed by atoms with E-state index in [4.69, 9.17) is 4.42 Å². The average molecular weight is 776 g/mol. The molecule has 0 radical (unpaired) electrons. The van der Waals surface area contributed by atoms with Crippen molar-refractivity contribution in [1.82, 2.24) is 4.57 Å². The molecule has 11 rings (SSSR count). The maximum Gasteiger partial charge on any atom is 0.365 e. The van der Waals surface area contributed by atoms with E-state index in [0.29, 0.717) is 0 Å². The van der Waals surface area contributed by atoms with Gasteiger partial charge in [0.05, 0.1) is 24.8 Å². The zero-order valence-corrected chi connectivity index (χ0v) is 35.3. The van der Waals surface area contributed by atoms with Gasteiger partial charge in [-0.2, -0.15) is 4.57 Å². The molecule has 0 bridgehead atoms. The maximum atomic E-state index is 16.0. The van der Waals surface area contributed by atoms with Crippen molar-refractivity contribution in [3.63, 3.8) is 0 Å². The number of para-hydroxylation sites is 2. The Hall–Kier alpha value is -6.11. The summed E-state index contributed by atoms with van der Waals surface area (Å²) in [5.74, 6) is 0.755. The number of pyridine rings is 1. The number of aromatic nitrogens is 3. The summed E-state index contributed by atoms with van der Waals surface area (Å²) in [4.78, 5) is 0. The van der Waals surface area contributed by atoms with Crippen LogP contribution in [0.3, 0.4) is 0 Å². The Kier molecular flexibility index (Phi) is 7.10. The summed E-state index contributed by atoms with van der Waals surface area (Å²) in [7, 11) is -1.84. The molecule has 1 atom stereocenters. The Balaban J connectivity index is 1.35. The molecule has 4 nitrogen and oxygen atoms in total. The van der Waals surface area contributed by atoms with E-state index >= 15 is 4.39 Å². The van der Waals surface area contributed by atoms with Gasteiger partial charge in [-0.3, -0.25) is 0 Å². The second-order valence-corrected chi connectivity index (χ2v) is 23.6. The monoisotopic (exact) mass is 775 g/mol. The van der Waals surface area contributed by atoms with E-state index in [1.54, 1.807) is 12.1 Å². The first-order chi connectivity index (χ1) is 27.8. The van der Waals surface area contributed by atoms with Crippen LogP contribution in [0.25, 0.3) is 72.4 Å². The van der Waals surface area contributed by atoms with Gasteiger partial charge in [0, 0.05) is 22.0 Å². The highest BCUT2D eigenvalue weighted by Gasteiger charge is 2.67. The summed E-state index contributed by atoms with van der Waals surface area (Å²) in [6.45, 7) is 18.4. The van der Waals surface area contributed by atoms with Crippen molar-refractivity contribution in [2.24, 2.45) is 0 Å². The number of benzene rings is 6. The molecule has 0 aliphatic carbocycles. The number of furan rings is 1. The third-order valence-electron chi connectivity index (χ3n) is 12.8. The number of rotatable bonds is 3. The van der Waals surface area contributed by atoms with E-state index in [-0.39, 0.29) is 11.2 Å². The highest BCUT2D eigenvalue weighted by molar-refractivity contribution is 6.88. The van der Waals surface area contributed by atoms with E-state index in [2.05, 4.69) is 183 Å². The lowest BCUT2D eigenvalue weighted by Crippen LogP contribution is -2.72. The van der Waals surface area contributed by atoms with Crippen LogP contribution in [0.2, 0.25) is 19.6 Å². The molecular weight excluding hydrogens is 730 g/mol. The molecular formula is C52H46FN3OSi+2. The Morgan fingerprint density at radius 2 is 1.50 bits per heavy atom. The van der Waals surface area contributed by atoms with Crippen molar-refractivity contribution in [3.8, 4) is 39.5 Å². The molecule has 0 fully saturated rings. The minimum absolute atomic E-state index is 0.00439. The molecule has 0 amide bonds. The first-order valence-corrected chi connectivity index (χ1v) is 23.9. The van der Waals surface area contributed by atoms with Crippen molar-refractivity contribution in [3.05, 3.63) is 167 Å². The van der Waals surface area contributed by atoms with Crippen LogP contribution >= 0.6 is 0 Å². The summed E-state index contributed by atoms with van der Waals surface area (Å²) in [5.41, 5.74) is 15.1. The summed E-state index contributed by atoms with van der Waals surface area (Å²) in [5, 5.41) is 3.53. The van der Waals surface area contributed by atoms with Crippen molar-refractivity contribution >= 4 is 46.2 Å². The largest absolute Gasteiger partial charge is 0.455 e. The Labute approximate surface area is 339 Å². The highest BCUT2D eigenvalue weighted by Crippen LogP contribution is 2.53. The van der Waals surface area contributed by atoms with Gasteiger partial charge < -0.3 is 4.42 Å². The number of nitrogens with zero attached hydrogens (tertiary/aromatic N) is 3. The first-order valence-electron chi connectivity index (χ1n) is 20.4. The van der Waals surface area contributed by atoms with Gasteiger partial charge in [-0.05, 0) is 102 Å². The van der Waals surface area contributed by atoms with Crippen LogP contribution in [0.4, 0.5) is 4.39 Å². The van der Waals surface area contributed by atoms with Gasteiger partial charge >= 0.3 is 11.5 Å². The predicted molar refractivity (Wildman–Crippen MR) is 236 cm³/mol. The molecule has 3 aromatic heterocycles. The van der Waals surface area contributed by atoms with Crippen LogP contribution in [0, 0.1) is 19.7 Å². The fourth-order valence-electron chi connectivity index (χ4n) is 10.2. The summed E-state index contributed by atoms with van der Waals surface area (Å²) >= 11 is 0. The fourth-order valence-corrected chi connectivity index (χ4v) is 11.9. The second kappa shape index (κ2) is 11.7. The standard InChI is InChI=1S/C52H46FN3OSi/c1-31-16-18-33(19-17-31)37-12-11-15-45-47(37)39-26-27-40-48(49(39)57-45)50-55(36-23-20-34(21-24-36)51(3,4)5)42-13-9-10-14-43(42)56(50)52(40)41-29-35(53)22-25-38(41)44-28-32(2)46(30-54(44)52)58(6,7)8/h9-30H,1-8H3/q+2. The third kappa shape index (κ3) is 4.61. The van der Waals surface area contributed by atoms with Gasteiger partial charge in [0.15, 0.2) is 22.8 Å². The summed E-state index contributed by atoms with van der Waals surface area (Å²) in [6, 6.07) is 45.1. The molecule has 284 valence electrons. The molecule has 0 N–H and O–H groups in total. The van der Waals surface area contributed by atoms with Crippen molar-refractivity contribution in [1.29, 1.82) is 0 Å². The van der Waals surface area contributed by atoms with Crippen LogP contribution in [0.15, 0.2) is 138 Å². The van der Waals surface area contributed by atoms with Gasteiger partial charge in [0.2, 0.25) is 5.69 Å². The van der Waals surface area contributed by atoms with Crippen molar-refractivity contribution < 1.29 is 17.9 Å².